The van der Waals surface area contributed by atoms with E-state index in [1.165, 1.54) is 12.8 Å². The van der Waals surface area contributed by atoms with Crippen LogP contribution in [0.2, 0.25) is 5.02 Å². The van der Waals surface area contributed by atoms with Crippen LogP contribution in [-0.2, 0) is 4.74 Å². The zero-order valence-corrected chi connectivity index (χ0v) is 9.63. The third kappa shape index (κ3) is 2.94. The van der Waals surface area contributed by atoms with Crippen LogP contribution in [0.25, 0.3) is 0 Å². The van der Waals surface area contributed by atoms with Crippen molar-refractivity contribution in [3.8, 4) is 0 Å². The second-order valence-corrected chi connectivity index (χ2v) is 4.34. The molecule has 0 radical (unpaired) electrons. The molecule has 0 amide bonds. The normalized spacial score (nSPS) is 17.7. The van der Waals surface area contributed by atoms with Crippen molar-refractivity contribution in [1.82, 2.24) is 5.32 Å². The minimum absolute atomic E-state index is 0.0549. The van der Waals surface area contributed by atoms with Crippen molar-refractivity contribution in [3.63, 3.8) is 0 Å². The van der Waals surface area contributed by atoms with Crippen LogP contribution >= 0.6 is 11.6 Å². The number of benzene rings is 1. The highest BCUT2D eigenvalue weighted by Gasteiger charge is 2.22. The number of halogens is 1. The molecule has 1 atom stereocenters. The van der Waals surface area contributed by atoms with Gasteiger partial charge in [-0.05, 0) is 18.9 Å². The van der Waals surface area contributed by atoms with Crippen molar-refractivity contribution in [2.75, 3.05) is 13.7 Å². The number of nitrogens with one attached hydrogen (secondary N) is 1. The molecule has 1 N–H and O–H groups in total. The summed E-state index contributed by atoms with van der Waals surface area (Å²) in [5, 5.41) is 4.23. The Bertz CT molecular complexity index is 325. The van der Waals surface area contributed by atoms with Gasteiger partial charge in [-0.1, -0.05) is 29.8 Å². The molecule has 15 heavy (non-hydrogen) atoms. The van der Waals surface area contributed by atoms with Crippen molar-refractivity contribution in [2.45, 2.75) is 25.0 Å². The fourth-order valence-corrected chi connectivity index (χ4v) is 1.88. The first kappa shape index (κ1) is 10.9. The molecule has 0 bridgehead atoms. The van der Waals surface area contributed by atoms with Gasteiger partial charge in [0.05, 0.1) is 6.10 Å². The summed E-state index contributed by atoms with van der Waals surface area (Å²) in [6.45, 7) is 0.838. The molecule has 0 heterocycles. The molecule has 1 aliphatic carbocycles. The van der Waals surface area contributed by atoms with Crippen LogP contribution in [0.4, 0.5) is 0 Å². The summed E-state index contributed by atoms with van der Waals surface area (Å²) in [5.41, 5.74) is 1.06. The van der Waals surface area contributed by atoms with E-state index in [1.807, 2.05) is 24.3 Å². The number of hydrogen-bond acceptors (Lipinski definition) is 2. The molecule has 0 aromatic heterocycles. The zero-order chi connectivity index (χ0) is 10.7. The third-order valence-electron chi connectivity index (χ3n) is 2.71. The second-order valence-electron chi connectivity index (χ2n) is 3.93. The summed E-state index contributed by atoms with van der Waals surface area (Å²) in [6.07, 6.45) is 2.64. The Morgan fingerprint density at radius 3 is 2.80 bits per heavy atom. The van der Waals surface area contributed by atoms with Gasteiger partial charge in [0.15, 0.2) is 0 Å². The van der Waals surface area contributed by atoms with Crippen molar-refractivity contribution in [3.05, 3.63) is 34.9 Å². The van der Waals surface area contributed by atoms with E-state index in [9.17, 15) is 0 Å². The van der Waals surface area contributed by atoms with E-state index in [0.29, 0.717) is 6.04 Å². The molecule has 3 heteroatoms. The quantitative estimate of drug-likeness (QED) is 0.832. The van der Waals surface area contributed by atoms with Gasteiger partial charge in [0.1, 0.15) is 0 Å². The van der Waals surface area contributed by atoms with Gasteiger partial charge in [-0.2, -0.15) is 0 Å². The molecule has 2 rings (SSSR count). The molecule has 1 aromatic carbocycles. The minimum Gasteiger partial charge on any atom is -0.375 e. The molecule has 0 saturated heterocycles. The average molecular weight is 226 g/mol. The van der Waals surface area contributed by atoms with Crippen LogP contribution < -0.4 is 5.32 Å². The standard InChI is InChI=1S/C12H16ClNO/c1-15-12(8-14-9-6-7-9)10-4-2-3-5-11(10)13/h2-5,9,12,14H,6-8H2,1H3. The van der Waals surface area contributed by atoms with E-state index < -0.39 is 0 Å². The predicted octanol–water partition coefficient (Wildman–Crippen LogP) is 2.78. The lowest BCUT2D eigenvalue weighted by atomic mass is 10.1. The Hall–Kier alpha value is -0.570. The Morgan fingerprint density at radius 2 is 2.20 bits per heavy atom. The molecule has 2 nitrogen and oxygen atoms in total. The molecule has 0 aliphatic heterocycles. The number of hydrogen-bond donors (Lipinski definition) is 1. The van der Waals surface area contributed by atoms with Crippen molar-refractivity contribution >= 4 is 11.6 Å². The van der Waals surface area contributed by atoms with E-state index in [1.54, 1.807) is 7.11 Å². The van der Waals surface area contributed by atoms with Gasteiger partial charge in [0.25, 0.3) is 0 Å². The maximum absolute atomic E-state index is 6.12. The smallest absolute Gasteiger partial charge is 0.0959 e. The van der Waals surface area contributed by atoms with Crippen LogP contribution in [0.15, 0.2) is 24.3 Å². The Labute approximate surface area is 95.6 Å². The van der Waals surface area contributed by atoms with E-state index in [2.05, 4.69) is 5.32 Å². The van der Waals surface area contributed by atoms with Gasteiger partial charge in [0.2, 0.25) is 0 Å². The van der Waals surface area contributed by atoms with Crippen molar-refractivity contribution in [2.24, 2.45) is 0 Å². The van der Waals surface area contributed by atoms with E-state index in [0.717, 1.165) is 17.1 Å². The van der Waals surface area contributed by atoms with Gasteiger partial charge >= 0.3 is 0 Å². The first-order chi connectivity index (χ1) is 7.31. The second kappa shape index (κ2) is 4.97. The maximum Gasteiger partial charge on any atom is 0.0959 e. The van der Waals surface area contributed by atoms with Gasteiger partial charge < -0.3 is 10.1 Å². The van der Waals surface area contributed by atoms with Crippen LogP contribution in [0.1, 0.15) is 24.5 Å². The first-order valence-electron chi connectivity index (χ1n) is 5.32. The topological polar surface area (TPSA) is 21.3 Å². The average Bonchev–Trinajstić information content (AvgIpc) is 3.05. The summed E-state index contributed by atoms with van der Waals surface area (Å²) in [4.78, 5) is 0. The molecule has 1 aromatic rings. The lowest BCUT2D eigenvalue weighted by Gasteiger charge is -2.17. The number of rotatable bonds is 5. The zero-order valence-electron chi connectivity index (χ0n) is 8.87. The van der Waals surface area contributed by atoms with Crippen LogP contribution in [-0.4, -0.2) is 19.7 Å². The van der Waals surface area contributed by atoms with Gasteiger partial charge in [0, 0.05) is 30.3 Å². The third-order valence-corrected chi connectivity index (χ3v) is 3.05. The molecule has 1 aliphatic rings. The van der Waals surface area contributed by atoms with Crippen LogP contribution in [0, 0.1) is 0 Å². The summed E-state index contributed by atoms with van der Waals surface area (Å²) in [6, 6.07) is 8.55. The monoisotopic (exact) mass is 225 g/mol. The highest BCUT2D eigenvalue weighted by Crippen LogP contribution is 2.26. The lowest BCUT2D eigenvalue weighted by Crippen LogP contribution is -2.24. The van der Waals surface area contributed by atoms with Crippen LogP contribution in [0.5, 0.6) is 0 Å². The highest BCUT2D eigenvalue weighted by atomic mass is 35.5. The first-order valence-corrected chi connectivity index (χ1v) is 5.69. The Balaban J connectivity index is 2.00. The number of ether oxygens (including phenoxy) is 1. The van der Waals surface area contributed by atoms with Gasteiger partial charge in [-0.3, -0.25) is 0 Å². The van der Waals surface area contributed by atoms with Gasteiger partial charge in [-0.25, -0.2) is 0 Å². The summed E-state index contributed by atoms with van der Waals surface area (Å²) in [5.74, 6) is 0. The van der Waals surface area contributed by atoms with Gasteiger partial charge in [-0.15, -0.1) is 0 Å². The number of methoxy groups -OCH3 is 1. The van der Waals surface area contributed by atoms with Crippen LogP contribution in [0.3, 0.4) is 0 Å². The summed E-state index contributed by atoms with van der Waals surface area (Å²) in [7, 11) is 1.72. The fraction of sp³-hybridized carbons (Fsp3) is 0.500. The van der Waals surface area contributed by atoms with E-state index in [-0.39, 0.29) is 6.10 Å². The van der Waals surface area contributed by atoms with Crippen molar-refractivity contribution < 1.29 is 4.74 Å². The largest absolute Gasteiger partial charge is 0.375 e. The van der Waals surface area contributed by atoms with E-state index >= 15 is 0 Å². The summed E-state index contributed by atoms with van der Waals surface area (Å²) >= 11 is 6.12. The lowest BCUT2D eigenvalue weighted by molar-refractivity contribution is 0.102. The Morgan fingerprint density at radius 1 is 1.47 bits per heavy atom. The molecular weight excluding hydrogens is 210 g/mol. The fourth-order valence-electron chi connectivity index (χ4n) is 1.62. The Kier molecular flexibility index (Phi) is 3.62. The minimum atomic E-state index is 0.0549. The molecule has 82 valence electrons. The van der Waals surface area contributed by atoms with E-state index in [4.69, 9.17) is 16.3 Å². The molecule has 1 unspecified atom stereocenters. The molecule has 0 spiro atoms. The molecule has 1 saturated carbocycles. The SMILES string of the molecule is COC(CNC1CC1)c1ccccc1Cl. The highest BCUT2D eigenvalue weighted by molar-refractivity contribution is 6.31. The molecular formula is C12H16ClNO. The summed E-state index contributed by atoms with van der Waals surface area (Å²) < 4.78 is 5.45. The predicted molar refractivity (Wildman–Crippen MR) is 62.2 cm³/mol. The van der Waals surface area contributed by atoms with Crippen molar-refractivity contribution in [1.29, 1.82) is 0 Å². The maximum atomic E-state index is 6.12. The molecule has 1 fully saturated rings.